The summed E-state index contributed by atoms with van der Waals surface area (Å²) in [4.78, 5) is 16.2. The molecular weight excluding hydrogens is 226 g/mol. The van der Waals surface area contributed by atoms with Crippen LogP contribution in [-0.2, 0) is 11.2 Å². The number of benzene rings is 1. The zero-order valence-electron chi connectivity index (χ0n) is 11.1. The van der Waals surface area contributed by atoms with Gasteiger partial charge in [0.15, 0.2) is 0 Å². The van der Waals surface area contributed by atoms with Crippen molar-refractivity contribution in [2.45, 2.75) is 12.5 Å². The quantitative estimate of drug-likeness (QED) is 0.825. The highest BCUT2D eigenvalue weighted by molar-refractivity contribution is 5.84. The summed E-state index contributed by atoms with van der Waals surface area (Å²) >= 11 is 0. The summed E-state index contributed by atoms with van der Waals surface area (Å²) in [6.07, 6.45) is 0.776. The van der Waals surface area contributed by atoms with Crippen LogP contribution < -0.4 is 5.32 Å². The van der Waals surface area contributed by atoms with Gasteiger partial charge in [-0.3, -0.25) is 10.1 Å². The van der Waals surface area contributed by atoms with Crippen LogP contribution in [-0.4, -0.2) is 55.6 Å². The van der Waals surface area contributed by atoms with Crippen molar-refractivity contribution in [2.24, 2.45) is 0 Å². The summed E-state index contributed by atoms with van der Waals surface area (Å²) in [6.45, 7) is 2.37. The number of nitrogens with one attached hydrogen (secondary N) is 1. The second-order valence-corrected chi connectivity index (χ2v) is 5.01. The molecule has 4 nitrogen and oxygen atoms in total. The predicted molar refractivity (Wildman–Crippen MR) is 72.2 cm³/mol. The molecule has 1 aliphatic heterocycles. The molecule has 1 atom stereocenters. The second-order valence-electron chi connectivity index (χ2n) is 5.01. The molecule has 0 saturated carbocycles. The Kier molecular flexibility index (Phi) is 4.33. The van der Waals surface area contributed by atoms with Crippen LogP contribution in [0.25, 0.3) is 0 Å². The Morgan fingerprint density at radius 2 is 2.06 bits per heavy atom. The van der Waals surface area contributed by atoms with Gasteiger partial charge in [-0.15, -0.1) is 0 Å². The minimum atomic E-state index is -0.0606. The van der Waals surface area contributed by atoms with Gasteiger partial charge in [-0.1, -0.05) is 30.3 Å². The van der Waals surface area contributed by atoms with Crippen LogP contribution in [0.2, 0.25) is 0 Å². The fourth-order valence-corrected chi connectivity index (χ4v) is 2.13. The first kappa shape index (κ1) is 13.1. The van der Waals surface area contributed by atoms with Crippen molar-refractivity contribution in [3.05, 3.63) is 35.9 Å². The number of nitrogens with zero attached hydrogens (tertiary/aromatic N) is 2. The molecule has 4 heteroatoms. The second kappa shape index (κ2) is 5.98. The van der Waals surface area contributed by atoms with E-state index in [4.69, 9.17) is 0 Å². The molecule has 0 radical (unpaired) electrons. The molecule has 1 heterocycles. The largest absolute Gasteiger partial charge is 0.327 e. The summed E-state index contributed by atoms with van der Waals surface area (Å²) in [5.74, 6) is 0.223. The molecule has 1 saturated heterocycles. The fourth-order valence-electron chi connectivity index (χ4n) is 2.13. The van der Waals surface area contributed by atoms with Gasteiger partial charge in [-0.05, 0) is 26.1 Å². The van der Waals surface area contributed by atoms with Gasteiger partial charge in [0.05, 0.1) is 12.7 Å². The van der Waals surface area contributed by atoms with Gasteiger partial charge < -0.3 is 9.80 Å². The Morgan fingerprint density at radius 1 is 1.33 bits per heavy atom. The Morgan fingerprint density at radius 3 is 2.72 bits per heavy atom. The van der Waals surface area contributed by atoms with Crippen molar-refractivity contribution in [3.8, 4) is 0 Å². The lowest BCUT2D eigenvalue weighted by Gasteiger charge is -2.18. The normalized spacial score (nSPS) is 19.8. The maximum absolute atomic E-state index is 12.2. The lowest BCUT2D eigenvalue weighted by atomic mass is 10.1. The first-order valence-electron chi connectivity index (χ1n) is 6.37. The zero-order chi connectivity index (χ0) is 13.0. The number of carbonyl (C=O) groups excluding carboxylic acids is 1. The molecule has 1 aliphatic rings. The number of carbonyl (C=O) groups is 1. The van der Waals surface area contributed by atoms with Gasteiger partial charge >= 0.3 is 0 Å². The van der Waals surface area contributed by atoms with Crippen LogP contribution in [0.15, 0.2) is 30.3 Å². The third-order valence-corrected chi connectivity index (χ3v) is 3.24. The third-order valence-electron chi connectivity index (χ3n) is 3.24. The van der Waals surface area contributed by atoms with Crippen molar-refractivity contribution in [2.75, 3.05) is 33.9 Å². The number of hydrogen-bond acceptors (Lipinski definition) is 3. The van der Waals surface area contributed by atoms with E-state index in [2.05, 4.69) is 22.3 Å². The van der Waals surface area contributed by atoms with E-state index >= 15 is 0 Å². The van der Waals surface area contributed by atoms with Crippen molar-refractivity contribution < 1.29 is 4.79 Å². The van der Waals surface area contributed by atoms with E-state index in [-0.39, 0.29) is 11.9 Å². The van der Waals surface area contributed by atoms with Gasteiger partial charge in [0, 0.05) is 13.1 Å². The van der Waals surface area contributed by atoms with E-state index in [0.29, 0.717) is 6.67 Å². The minimum Gasteiger partial charge on any atom is -0.327 e. The summed E-state index contributed by atoms with van der Waals surface area (Å²) in [7, 11) is 4.05. The van der Waals surface area contributed by atoms with E-state index < -0.39 is 0 Å². The average Bonchev–Trinajstić information content (AvgIpc) is 2.70. The molecule has 1 aromatic rings. The lowest BCUT2D eigenvalue weighted by molar-refractivity contribution is -0.129. The molecule has 1 aromatic carbocycles. The molecule has 0 aromatic heterocycles. The highest BCUT2D eigenvalue weighted by Crippen LogP contribution is 2.10. The van der Waals surface area contributed by atoms with Crippen LogP contribution in [0, 0.1) is 0 Å². The summed E-state index contributed by atoms with van der Waals surface area (Å²) in [6, 6.07) is 10.1. The van der Waals surface area contributed by atoms with Crippen molar-refractivity contribution in [3.63, 3.8) is 0 Å². The molecule has 2 rings (SSSR count). The third kappa shape index (κ3) is 3.31. The van der Waals surface area contributed by atoms with Gasteiger partial charge in [0.1, 0.15) is 0 Å². The molecule has 0 spiro atoms. The minimum absolute atomic E-state index is 0.0606. The molecule has 1 fully saturated rings. The molecule has 1 N–H and O–H groups in total. The molecule has 1 amide bonds. The van der Waals surface area contributed by atoms with E-state index in [1.54, 1.807) is 0 Å². The highest BCUT2D eigenvalue weighted by atomic mass is 16.2. The SMILES string of the molecule is CN(C)CCN1CNC(Cc2ccccc2)C1=O. The standard InChI is InChI=1S/C14H21N3O/c1-16(2)8-9-17-11-15-13(14(17)18)10-12-6-4-3-5-7-12/h3-7,13,15H,8-11H2,1-2H3. The van der Waals surface area contributed by atoms with Crippen LogP contribution in [0.5, 0.6) is 0 Å². The van der Waals surface area contributed by atoms with E-state index in [0.717, 1.165) is 19.5 Å². The number of rotatable bonds is 5. The van der Waals surface area contributed by atoms with E-state index in [1.807, 2.05) is 37.2 Å². The fraction of sp³-hybridized carbons (Fsp3) is 0.500. The van der Waals surface area contributed by atoms with Crippen LogP contribution in [0.3, 0.4) is 0 Å². The van der Waals surface area contributed by atoms with Crippen LogP contribution in [0.4, 0.5) is 0 Å². The number of amides is 1. The maximum Gasteiger partial charge on any atom is 0.241 e. The van der Waals surface area contributed by atoms with Crippen LogP contribution in [0.1, 0.15) is 5.56 Å². The highest BCUT2D eigenvalue weighted by Gasteiger charge is 2.30. The van der Waals surface area contributed by atoms with Crippen molar-refractivity contribution in [1.29, 1.82) is 0 Å². The summed E-state index contributed by atoms with van der Waals surface area (Å²) < 4.78 is 0. The Labute approximate surface area is 109 Å². The Hall–Kier alpha value is -1.39. The first-order chi connectivity index (χ1) is 8.66. The van der Waals surface area contributed by atoms with Gasteiger partial charge in [-0.25, -0.2) is 0 Å². The predicted octanol–water partition coefficient (Wildman–Crippen LogP) is 0.549. The monoisotopic (exact) mass is 247 g/mol. The van der Waals surface area contributed by atoms with Crippen molar-refractivity contribution >= 4 is 5.91 Å². The number of hydrogen-bond donors (Lipinski definition) is 1. The molecule has 1 unspecified atom stereocenters. The molecule has 0 bridgehead atoms. The Balaban J connectivity index is 1.87. The van der Waals surface area contributed by atoms with E-state index in [9.17, 15) is 4.79 Å². The van der Waals surface area contributed by atoms with Gasteiger partial charge in [-0.2, -0.15) is 0 Å². The molecule has 18 heavy (non-hydrogen) atoms. The molecule has 98 valence electrons. The molecule has 0 aliphatic carbocycles. The van der Waals surface area contributed by atoms with Crippen LogP contribution >= 0.6 is 0 Å². The average molecular weight is 247 g/mol. The number of likely N-dealkylation sites (N-methyl/N-ethyl adjacent to an activating group) is 1. The smallest absolute Gasteiger partial charge is 0.241 e. The molecular formula is C14H21N3O. The summed E-state index contributed by atoms with van der Waals surface area (Å²) in [5, 5.41) is 3.29. The maximum atomic E-state index is 12.2. The van der Waals surface area contributed by atoms with E-state index in [1.165, 1.54) is 5.56 Å². The lowest BCUT2D eigenvalue weighted by Crippen LogP contribution is -2.35. The van der Waals surface area contributed by atoms with Gasteiger partial charge in [0.2, 0.25) is 5.91 Å². The van der Waals surface area contributed by atoms with Crippen molar-refractivity contribution in [1.82, 2.24) is 15.1 Å². The topological polar surface area (TPSA) is 35.6 Å². The Bertz CT molecular complexity index is 391. The zero-order valence-corrected chi connectivity index (χ0v) is 11.1. The first-order valence-corrected chi connectivity index (χ1v) is 6.37. The van der Waals surface area contributed by atoms with Gasteiger partial charge in [0.25, 0.3) is 0 Å². The summed E-state index contributed by atoms with van der Waals surface area (Å²) in [5.41, 5.74) is 1.21.